The van der Waals surface area contributed by atoms with Gasteiger partial charge in [-0.2, -0.15) is 0 Å². The van der Waals surface area contributed by atoms with E-state index in [0.717, 1.165) is 26.2 Å². The summed E-state index contributed by atoms with van der Waals surface area (Å²) in [4.78, 5) is 28.9. The summed E-state index contributed by atoms with van der Waals surface area (Å²) in [6.45, 7) is 5.19. The zero-order valence-corrected chi connectivity index (χ0v) is 19.8. The minimum absolute atomic E-state index is 0.292. The first kappa shape index (κ1) is 33.1. The smallest absolute Gasteiger partial charge is 0.303 e. The van der Waals surface area contributed by atoms with Gasteiger partial charge in [0.25, 0.3) is 5.97 Å². The molecule has 0 amide bonds. The second-order valence-corrected chi connectivity index (χ2v) is 7.76. The maximum atomic E-state index is 10.3. The van der Waals surface area contributed by atoms with Crippen molar-refractivity contribution in [2.45, 2.75) is 136 Å². The zero-order chi connectivity index (χ0) is 23.5. The lowest BCUT2D eigenvalue weighted by Crippen LogP contribution is -1.93. The fraction of sp³-hybridized carbons (Fsp3) is 0.875. The van der Waals surface area contributed by atoms with Gasteiger partial charge in [0.15, 0.2) is 0 Å². The zero-order valence-electron chi connectivity index (χ0n) is 19.8. The third-order valence-electron chi connectivity index (χ3n) is 4.46. The Hall–Kier alpha value is -1.59. The van der Waals surface area contributed by atoms with Gasteiger partial charge >= 0.3 is 11.9 Å². The van der Waals surface area contributed by atoms with Crippen molar-refractivity contribution in [1.82, 2.24) is 0 Å². The van der Waals surface area contributed by atoms with E-state index in [4.69, 9.17) is 20.1 Å². The van der Waals surface area contributed by atoms with Gasteiger partial charge in [-0.05, 0) is 12.8 Å². The van der Waals surface area contributed by atoms with E-state index in [1.165, 1.54) is 83.5 Å². The number of carboxylic acids is 3. The molecule has 0 bridgehead atoms. The van der Waals surface area contributed by atoms with Crippen molar-refractivity contribution in [2.24, 2.45) is 0 Å². The summed E-state index contributed by atoms with van der Waals surface area (Å²) in [6, 6.07) is 0. The molecule has 0 saturated carbocycles. The Morgan fingerprint density at radius 2 is 0.733 bits per heavy atom. The van der Waals surface area contributed by atoms with Crippen LogP contribution in [0, 0.1) is 0 Å². The SMILES string of the molecule is CC(=O)O.CCCC(=O)O.CCCCCCCCCCCCCCCCCC(=O)O. The molecule has 180 valence electrons. The highest BCUT2D eigenvalue weighted by atomic mass is 16.4. The van der Waals surface area contributed by atoms with Gasteiger partial charge in [-0.1, -0.05) is 104 Å². The summed E-state index contributed by atoms with van der Waals surface area (Å²) in [5.74, 6) is -2.20. The maximum Gasteiger partial charge on any atom is 0.303 e. The molecule has 30 heavy (non-hydrogen) atoms. The molecule has 0 aromatic rings. The van der Waals surface area contributed by atoms with Crippen LogP contribution in [0.15, 0.2) is 0 Å². The summed E-state index contributed by atoms with van der Waals surface area (Å²) >= 11 is 0. The van der Waals surface area contributed by atoms with E-state index in [0.29, 0.717) is 12.8 Å². The summed E-state index contributed by atoms with van der Waals surface area (Å²) in [7, 11) is 0. The maximum absolute atomic E-state index is 10.3. The van der Waals surface area contributed by atoms with Gasteiger partial charge in [0.1, 0.15) is 0 Å². The average molecular weight is 433 g/mol. The molecule has 0 radical (unpaired) electrons. The highest BCUT2D eigenvalue weighted by Crippen LogP contribution is 2.13. The van der Waals surface area contributed by atoms with Crippen LogP contribution in [-0.2, 0) is 14.4 Å². The van der Waals surface area contributed by atoms with E-state index >= 15 is 0 Å². The van der Waals surface area contributed by atoms with Crippen molar-refractivity contribution in [3.63, 3.8) is 0 Å². The quantitative estimate of drug-likeness (QED) is 0.196. The lowest BCUT2D eigenvalue weighted by Gasteiger charge is -2.03. The van der Waals surface area contributed by atoms with Crippen LogP contribution in [-0.4, -0.2) is 33.2 Å². The van der Waals surface area contributed by atoms with Crippen LogP contribution >= 0.6 is 0 Å². The Morgan fingerprint density at radius 3 is 0.933 bits per heavy atom. The van der Waals surface area contributed by atoms with E-state index < -0.39 is 17.9 Å². The normalized spacial score (nSPS) is 9.70. The van der Waals surface area contributed by atoms with Gasteiger partial charge in [-0.25, -0.2) is 0 Å². The predicted octanol–water partition coefficient (Wildman–Crippen LogP) is 7.29. The van der Waals surface area contributed by atoms with Gasteiger partial charge in [-0.15, -0.1) is 0 Å². The molecular formula is C24H48O6. The monoisotopic (exact) mass is 432 g/mol. The highest BCUT2D eigenvalue weighted by Gasteiger charge is 1.97. The van der Waals surface area contributed by atoms with Crippen LogP contribution in [0.3, 0.4) is 0 Å². The molecule has 6 nitrogen and oxygen atoms in total. The summed E-state index contributed by atoms with van der Waals surface area (Å²) in [5.41, 5.74) is 0. The van der Waals surface area contributed by atoms with Gasteiger partial charge in [-0.3, -0.25) is 14.4 Å². The first-order valence-corrected chi connectivity index (χ1v) is 11.9. The predicted molar refractivity (Wildman–Crippen MR) is 123 cm³/mol. The number of unbranched alkanes of at least 4 members (excludes halogenated alkanes) is 14. The largest absolute Gasteiger partial charge is 0.481 e. The van der Waals surface area contributed by atoms with Gasteiger partial charge in [0, 0.05) is 19.8 Å². The van der Waals surface area contributed by atoms with Crippen molar-refractivity contribution >= 4 is 17.9 Å². The van der Waals surface area contributed by atoms with Gasteiger partial charge in [0.05, 0.1) is 0 Å². The van der Waals surface area contributed by atoms with Crippen molar-refractivity contribution in [3.8, 4) is 0 Å². The molecule has 0 aromatic heterocycles. The summed E-state index contributed by atoms with van der Waals surface area (Å²) < 4.78 is 0. The first-order valence-electron chi connectivity index (χ1n) is 11.9. The van der Waals surface area contributed by atoms with Gasteiger partial charge in [0.2, 0.25) is 0 Å². The van der Waals surface area contributed by atoms with Crippen LogP contribution in [0.1, 0.15) is 136 Å². The van der Waals surface area contributed by atoms with E-state index in [1.807, 2.05) is 6.92 Å². The molecule has 6 heteroatoms. The third-order valence-corrected chi connectivity index (χ3v) is 4.46. The van der Waals surface area contributed by atoms with E-state index in [1.54, 1.807) is 0 Å². The van der Waals surface area contributed by atoms with Crippen LogP contribution < -0.4 is 0 Å². The standard InChI is InChI=1S/C18H36O2.C4H8O2.C2H4O2/c1-2-3-4-5-6-7-8-9-10-11-12-13-14-15-16-17-18(19)20;1-2-3-4(5)6;1-2(3)4/h2-17H2,1H3,(H,19,20);2-3H2,1H3,(H,5,6);1H3,(H,3,4). The molecule has 3 N–H and O–H groups in total. The molecule has 0 aliphatic heterocycles. The minimum Gasteiger partial charge on any atom is -0.481 e. The van der Waals surface area contributed by atoms with Crippen LogP contribution in [0.2, 0.25) is 0 Å². The molecule has 0 aliphatic carbocycles. The van der Waals surface area contributed by atoms with Crippen molar-refractivity contribution in [2.75, 3.05) is 0 Å². The molecule has 0 rings (SSSR count). The average Bonchev–Trinajstić information content (AvgIpc) is 2.64. The molecule has 0 aromatic carbocycles. The Labute approximate surface area is 184 Å². The number of rotatable bonds is 18. The Bertz CT molecular complexity index is 378. The second-order valence-electron chi connectivity index (χ2n) is 7.76. The molecular weight excluding hydrogens is 384 g/mol. The number of carboxylic acid groups (broad SMARTS) is 3. The Balaban J connectivity index is -0.000000600. The number of hydrogen-bond acceptors (Lipinski definition) is 3. The molecule has 0 unspecified atom stereocenters. The molecule has 0 aliphatic rings. The number of aliphatic carboxylic acids is 3. The van der Waals surface area contributed by atoms with E-state index in [-0.39, 0.29) is 0 Å². The lowest BCUT2D eigenvalue weighted by molar-refractivity contribution is -0.138. The summed E-state index contributed by atoms with van der Waals surface area (Å²) in [6.07, 6.45) is 21.2. The molecule has 0 heterocycles. The second kappa shape index (κ2) is 29.6. The fourth-order valence-corrected chi connectivity index (χ4v) is 2.86. The topological polar surface area (TPSA) is 112 Å². The Morgan fingerprint density at radius 1 is 0.467 bits per heavy atom. The number of hydrogen-bond donors (Lipinski definition) is 3. The molecule has 0 spiro atoms. The molecule has 0 saturated heterocycles. The third kappa shape index (κ3) is 50.3. The molecule has 0 atom stereocenters. The summed E-state index contributed by atoms with van der Waals surface area (Å²) in [5, 5.41) is 23.8. The number of carbonyl (C=O) groups is 3. The van der Waals surface area contributed by atoms with E-state index in [9.17, 15) is 9.59 Å². The van der Waals surface area contributed by atoms with Gasteiger partial charge < -0.3 is 15.3 Å². The lowest BCUT2D eigenvalue weighted by atomic mass is 10.0. The van der Waals surface area contributed by atoms with Crippen molar-refractivity contribution in [1.29, 1.82) is 0 Å². The minimum atomic E-state index is -0.833. The van der Waals surface area contributed by atoms with Crippen molar-refractivity contribution in [3.05, 3.63) is 0 Å². The van der Waals surface area contributed by atoms with Crippen molar-refractivity contribution < 1.29 is 29.7 Å². The molecule has 0 fully saturated rings. The Kier molecular flexibility index (Phi) is 32.6. The van der Waals surface area contributed by atoms with Crippen LogP contribution in [0.4, 0.5) is 0 Å². The van der Waals surface area contributed by atoms with Crippen LogP contribution in [0.25, 0.3) is 0 Å². The van der Waals surface area contributed by atoms with Crippen LogP contribution in [0.5, 0.6) is 0 Å². The first-order chi connectivity index (χ1) is 14.3. The van der Waals surface area contributed by atoms with E-state index in [2.05, 4.69) is 6.92 Å². The fourth-order valence-electron chi connectivity index (χ4n) is 2.86. The highest BCUT2D eigenvalue weighted by molar-refractivity contribution is 5.66.